The van der Waals surface area contributed by atoms with Gasteiger partial charge in [0, 0.05) is 0 Å². The number of carbonyl (C=O) groups is 1. The molecule has 2 aromatic rings. The number of hydrogen-bond donors (Lipinski definition) is 0. The molecule has 0 amide bonds. The number of esters is 1. The first-order valence-electron chi connectivity index (χ1n) is 7.02. The molecule has 1 atom stereocenters. The summed E-state index contributed by atoms with van der Waals surface area (Å²) in [6.45, 7) is 1.87. The van der Waals surface area contributed by atoms with Gasteiger partial charge in [-0.1, -0.05) is 24.3 Å². The van der Waals surface area contributed by atoms with E-state index < -0.39 is 0 Å². The van der Waals surface area contributed by atoms with E-state index in [0.29, 0.717) is 0 Å². The highest BCUT2D eigenvalue weighted by Gasteiger charge is 2.22. The first-order valence-corrected chi connectivity index (χ1v) is 7.02. The van der Waals surface area contributed by atoms with Crippen molar-refractivity contribution in [3.05, 3.63) is 53.1 Å². The third-order valence-electron chi connectivity index (χ3n) is 4.17. The molecule has 0 spiro atoms. The second-order valence-corrected chi connectivity index (χ2v) is 5.36. The van der Waals surface area contributed by atoms with Crippen LogP contribution in [0.2, 0.25) is 0 Å². The quantitative estimate of drug-likeness (QED) is 0.689. The van der Waals surface area contributed by atoms with Crippen LogP contribution in [0.25, 0.3) is 11.1 Å². The molecule has 1 aliphatic rings. The average Bonchev–Trinajstić information content (AvgIpc) is 2.89. The van der Waals surface area contributed by atoms with E-state index in [1.165, 1.54) is 29.4 Å². The van der Waals surface area contributed by atoms with Crippen LogP contribution in [-0.4, -0.2) is 20.2 Å². The van der Waals surface area contributed by atoms with Gasteiger partial charge in [0.25, 0.3) is 0 Å². The summed E-state index contributed by atoms with van der Waals surface area (Å²) in [6, 6.07) is 12.4. The Hall–Kier alpha value is -2.29. The van der Waals surface area contributed by atoms with Crippen molar-refractivity contribution in [1.82, 2.24) is 0 Å². The van der Waals surface area contributed by atoms with Crippen LogP contribution in [0, 0.1) is 0 Å². The lowest BCUT2D eigenvalue weighted by atomic mass is 9.96. The van der Waals surface area contributed by atoms with Crippen molar-refractivity contribution in [2.24, 2.45) is 0 Å². The molecule has 3 heteroatoms. The summed E-state index contributed by atoms with van der Waals surface area (Å²) in [7, 11) is 3.11. The molecule has 2 aromatic carbocycles. The molecule has 0 N–H and O–H groups in total. The molecule has 21 heavy (non-hydrogen) atoms. The molecule has 0 saturated carbocycles. The molecule has 1 unspecified atom stereocenters. The molecular formula is C18H18O3. The summed E-state index contributed by atoms with van der Waals surface area (Å²) in [5.74, 6) is 0.440. The van der Waals surface area contributed by atoms with E-state index in [-0.39, 0.29) is 11.9 Å². The van der Waals surface area contributed by atoms with Gasteiger partial charge < -0.3 is 9.47 Å². The second kappa shape index (κ2) is 5.24. The number of benzene rings is 2. The third-order valence-corrected chi connectivity index (χ3v) is 4.17. The monoisotopic (exact) mass is 282 g/mol. The van der Waals surface area contributed by atoms with E-state index in [2.05, 4.69) is 24.3 Å². The van der Waals surface area contributed by atoms with Crippen LogP contribution in [0.4, 0.5) is 0 Å². The largest absolute Gasteiger partial charge is 0.497 e. The molecule has 0 fully saturated rings. The highest BCUT2D eigenvalue weighted by atomic mass is 16.5. The van der Waals surface area contributed by atoms with Crippen LogP contribution in [0.5, 0.6) is 5.75 Å². The fourth-order valence-corrected chi connectivity index (χ4v) is 2.92. The van der Waals surface area contributed by atoms with E-state index in [0.717, 1.165) is 17.7 Å². The predicted octanol–water partition coefficient (Wildman–Crippen LogP) is 3.54. The Labute approximate surface area is 124 Å². The molecule has 0 heterocycles. The van der Waals surface area contributed by atoms with Crippen molar-refractivity contribution < 1.29 is 14.3 Å². The summed E-state index contributed by atoms with van der Waals surface area (Å²) in [5, 5.41) is 0. The van der Waals surface area contributed by atoms with E-state index in [1.54, 1.807) is 7.11 Å². The van der Waals surface area contributed by atoms with Gasteiger partial charge in [0.15, 0.2) is 0 Å². The molecule has 0 saturated heterocycles. The number of hydrogen-bond acceptors (Lipinski definition) is 3. The Kier molecular flexibility index (Phi) is 3.42. The zero-order chi connectivity index (χ0) is 15.0. The van der Waals surface area contributed by atoms with Gasteiger partial charge in [0.2, 0.25) is 0 Å². The normalized spacial score (nSPS) is 13.3. The fourth-order valence-electron chi connectivity index (χ4n) is 2.92. The number of carbonyl (C=O) groups excluding carboxylic acids is 1. The van der Waals surface area contributed by atoms with Crippen molar-refractivity contribution in [3.8, 4) is 16.9 Å². The summed E-state index contributed by atoms with van der Waals surface area (Å²) >= 11 is 0. The van der Waals surface area contributed by atoms with E-state index in [4.69, 9.17) is 9.47 Å². The van der Waals surface area contributed by atoms with Crippen LogP contribution >= 0.6 is 0 Å². The van der Waals surface area contributed by atoms with Crippen LogP contribution in [-0.2, 0) is 16.0 Å². The third kappa shape index (κ3) is 2.29. The minimum absolute atomic E-state index is 0.202. The summed E-state index contributed by atoms with van der Waals surface area (Å²) in [5.41, 5.74) is 6.02. The fraction of sp³-hybridized carbons (Fsp3) is 0.278. The SMILES string of the molecule is COC(=O)C(C)c1ccc2c(c1)Cc1cc(OC)ccc1-2. The lowest BCUT2D eigenvalue weighted by Crippen LogP contribution is -2.10. The maximum absolute atomic E-state index is 11.7. The molecule has 0 aromatic heterocycles. The summed E-state index contributed by atoms with van der Waals surface area (Å²) < 4.78 is 10.1. The molecule has 0 bridgehead atoms. The smallest absolute Gasteiger partial charge is 0.312 e. The zero-order valence-corrected chi connectivity index (χ0v) is 12.5. The lowest BCUT2D eigenvalue weighted by molar-refractivity contribution is -0.141. The van der Waals surface area contributed by atoms with E-state index in [9.17, 15) is 4.79 Å². The van der Waals surface area contributed by atoms with Crippen molar-refractivity contribution >= 4 is 5.97 Å². The average molecular weight is 282 g/mol. The number of ether oxygens (including phenoxy) is 2. The van der Waals surface area contributed by atoms with Crippen molar-refractivity contribution in [2.75, 3.05) is 14.2 Å². The Morgan fingerprint density at radius 2 is 1.71 bits per heavy atom. The standard InChI is InChI=1S/C18H18O3/c1-11(18(19)21-3)12-4-6-16-13(8-12)9-14-10-15(20-2)5-7-17(14)16/h4-8,10-11H,9H2,1-3H3. The number of fused-ring (bicyclic) bond motifs is 3. The van der Waals surface area contributed by atoms with Crippen molar-refractivity contribution in [2.45, 2.75) is 19.3 Å². The van der Waals surface area contributed by atoms with Gasteiger partial charge in [-0.2, -0.15) is 0 Å². The Balaban J connectivity index is 1.97. The minimum Gasteiger partial charge on any atom is -0.497 e. The van der Waals surface area contributed by atoms with E-state index >= 15 is 0 Å². The van der Waals surface area contributed by atoms with Gasteiger partial charge in [-0.3, -0.25) is 4.79 Å². The second-order valence-electron chi connectivity index (χ2n) is 5.36. The zero-order valence-electron chi connectivity index (χ0n) is 12.5. The number of methoxy groups -OCH3 is 2. The molecule has 1 aliphatic carbocycles. The predicted molar refractivity (Wildman–Crippen MR) is 81.7 cm³/mol. The topological polar surface area (TPSA) is 35.5 Å². The van der Waals surface area contributed by atoms with Gasteiger partial charge in [-0.25, -0.2) is 0 Å². The van der Waals surface area contributed by atoms with Gasteiger partial charge >= 0.3 is 5.97 Å². The maximum atomic E-state index is 11.7. The van der Waals surface area contributed by atoms with E-state index in [1.807, 2.05) is 19.1 Å². The number of rotatable bonds is 3. The maximum Gasteiger partial charge on any atom is 0.312 e. The molecule has 3 rings (SSSR count). The van der Waals surface area contributed by atoms with Crippen molar-refractivity contribution in [1.29, 1.82) is 0 Å². The van der Waals surface area contributed by atoms with Gasteiger partial charge in [-0.05, 0) is 53.3 Å². The Morgan fingerprint density at radius 1 is 1.05 bits per heavy atom. The van der Waals surface area contributed by atoms with Crippen LogP contribution < -0.4 is 4.74 Å². The molecular weight excluding hydrogens is 264 g/mol. The summed E-state index contributed by atoms with van der Waals surface area (Å²) in [6.07, 6.45) is 0.879. The first-order chi connectivity index (χ1) is 10.1. The molecule has 0 aliphatic heterocycles. The van der Waals surface area contributed by atoms with Gasteiger partial charge in [0.05, 0.1) is 20.1 Å². The minimum atomic E-state index is -0.237. The highest BCUT2D eigenvalue weighted by Crippen LogP contribution is 2.39. The van der Waals surface area contributed by atoms with Crippen LogP contribution in [0.15, 0.2) is 36.4 Å². The molecule has 108 valence electrons. The molecule has 0 radical (unpaired) electrons. The van der Waals surface area contributed by atoms with Gasteiger partial charge in [0.1, 0.15) is 5.75 Å². The highest BCUT2D eigenvalue weighted by molar-refractivity contribution is 5.81. The lowest BCUT2D eigenvalue weighted by Gasteiger charge is -2.11. The van der Waals surface area contributed by atoms with Crippen molar-refractivity contribution in [3.63, 3.8) is 0 Å². The Bertz CT molecular complexity index is 704. The van der Waals surface area contributed by atoms with Gasteiger partial charge in [-0.15, -0.1) is 0 Å². The Morgan fingerprint density at radius 3 is 2.38 bits per heavy atom. The van der Waals surface area contributed by atoms with Crippen LogP contribution in [0.1, 0.15) is 29.5 Å². The summed E-state index contributed by atoms with van der Waals surface area (Å²) in [4.78, 5) is 11.7. The van der Waals surface area contributed by atoms with Crippen LogP contribution in [0.3, 0.4) is 0 Å². The first kappa shape index (κ1) is 13.7. The molecule has 3 nitrogen and oxygen atoms in total.